The molecular weight excluding hydrogens is 208 g/mol. The Labute approximate surface area is 91.4 Å². The molecule has 0 aliphatic rings. The first-order chi connectivity index (χ1) is 7.69. The number of aromatic amines is 2. The van der Waals surface area contributed by atoms with E-state index in [1.165, 1.54) is 6.07 Å². The number of nitrogens with zero attached hydrogens (tertiary/aromatic N) is 2. The molecule has 2 heterocycles. The number of anilines is 2. The van der Waals surface area contributed by atoms with Gasteiger partial charge in [-0.25, -0.2) is 0 Å². The van der Waals surface area contributed by atoms with Crippen LogP contribution in [0.25, 0.3) is 0 Å². The van der Waals surface area contributed by atoms with Crippen molar-refractivity contribution in [3.05, 3.63) is 23.5 Å². The van der Waals surface area contributed by atoms with E-state index in [9.17, 15) is 4.79 Å². The molecule has 2 rings (SSSR count). The summed E-state index contributed by atoms with van der Waals surface area (Å²) < 4.78 is 0. The Morgan fingerprint density at radius 3 is 2.81 bits per heavy atom. The van der Waals surface area contributed by atoms with Crippen LogP contribution in [0.3, 0.4) is 0 Å². The van der Waals surface area contributed by atoms with Crippen LogP contribution in [0.2, 0.25) is 0 Å². The third kappa shape index (κ3) is 2.02. The summed E-state index contributed by atoms with van der Waals surface area (Å²) >= 11 is 0. The zero-order chi connectivity index (χ0) is 11.5. The van der Waals surface area contributed by atoms with Gasteiger partial charge in [-0.2, -0.15) is 10.2 Å². The average molecular weight is 220 g/mol. The van der Waals surface area contributed by atoms with Gasteiger partial charge in [0.15, 0.2) is 5.82 Å². The van der Waals surface area contributed by atoms with E-state index in [-0.39, 0.29) is 11.7 Å². The van der Waals surface area contributed by atoms with Crippen LogP contribution in [0.5, 0.6) is 0 Å². The number of nitrogens with two attached hydrogens (primary N) is 1. The SMILES string of the molecule is CCc1cc(NC(=O)c2cc(N)n[nH]2)n[nH]1. The van der Waals surface area contributed by atoms with Crippen LogP contribution in [0.1, 0.15) is 23.1 Å². The highest BCUT2D eigenvalue weighted by molar-refractivity contribution is 6.02. The molecule has 5 N–H and O–H groups in total. The van der Waals surface area contributed by atoms with E-state index in [2.05, 4.69) is 25.7 Å². The Hall–Kier alpha value is -2.31. The Balaban J connectivity index is 2.07. The quantitative estimate of drug-likeness (QED) is 0.604. The summed E-state index contributed by atoms with van der Waals surface area (Å²) in [5.41, 5.74) is 6.65. The fourth-order valence-corrected chi connectivity index (χ4v) is 1.24. The highest BCUT2D eigenvalue weighted by Crippen LogP contribution is 2.08. The maximum absolute atomic E-state index is 11.6. The van der Waals surface area contributed by atoms with Gasteiger partial charge < -0.3 is 11.1 Å². The molecule has 0 fully saturated rings. The third-order valence-corrected chi connectivity index (χ3v) is 2.10. The van der Waals surface area contributed by atoms with Crippen LogP contribution in [0.15, 0.2) is 12.1 Å². The van der Waals surface area contributed by atoms with Crippen molar-refractivity contribution in [2.75, 3.05) is 11.1 Å². The lowest BCUT2D eigenvalue weighted by atomic mass is 10.3. The predicted molar refractivity (Wildman–Crippen MR) is 58.9 cm³/mol. The first-order valence-corrected chi connectivity index (χ1v) is 4.85. The van der Waals surface area contributed by atoms with Crippen molar-refractivity contribution in [3.63, 3.8) is 0 Å². The van der Waals surface area contributed by atoms with Crippen LogP contribution in [-0.2, 0) is 6.42 Å². The highest BCUT2D eigenvalue weighted by atomic mass is 16.2. The van der Waals surface area contributed by atoms with Gasteiger partial charge in [0.25, 0.3) is 5.91 Å². The lowest BCUT2D eigenvalue weighted by Gasteiger charge is -1.96. The molecule has 84 valence electrons. The van der Waals surface area contributed by atoms with Crippen molar-refractivity contribution in [3.8, 4) is 0 Å². The van der Waals surface area contributed by atoms with Gasteiger partial charge in [-0.3, -0.25) is 15.0 Å². The number of H-pyrrole nitrogens is 2. The Morgan fingerprint density at radius 1 is 1.44 bits per heavy atom. The maximum Gasteiger partial charge on any atom is 0.274 e. The van der Waals surface area contributed by atoms with Gasteiger partial charge in [-0.15, -0.1) is 0 Å². The van der Waals surface area contributed by atoms with E-state index in [0.29, 0.717) is 11.5 Å². The fraction of sp³-hybridized carbons (Fsp3) is 0.222. The molecule has 16 heavy (non-hydrogen) atoms. The second-order valence-corrected chi connectivity index (χ2v) is 3.29. The number of aromatic nitrogens is 4. The second-order valence-electron chi connectivity index (χ2n) is 3.29. The van der Waals surface area contributed by atoms with Gasteiger partial charge in [-0.1, -0.05) is 6.92 Å². The van der Waals surface area contributed by atoms with Crippen LogP contribution in [0.4, 0.5) is 11.6 Å². The first kappa shape index (κ1) is 10.2. The molecule has 1 amide bonds. The number of hydrogen-bond acceptors (Lipinski definition) is 4. The van der Waals surface area contributed by atoms with Gasteiger partial charge in [0.05, 0.1) is 0 Å². The molecule has 0 radical (unpaired) electrons. The summed E-state index contributed by atoms with van der Waals surface area (Å²) in [6, 6.07) is 3.24. The third-order valence-electron chi connectivity index (χ3n) is 2.10. The molecule has 7 nitrogen and oxygen atoms in total. The number of nitrogen functional groups attached to an aromatic ring is 1. The Kier molecular flexibility index (Phi) is 2.59. The molecule has 0 bridgehead atoms. The molecule has 0 aromatic carbocycles. The number of amides is 1. The first-order valence-electron chi connectivity index (χ1n) is 4.85. The summed E-state index contributed by atoms with van der Waals surface area (Å²) in [6.07, 6.45) is 0.833. The van der Waals surface area contributed by atoms with Gasteiger partial charge in [0.2, 0.25) is 0 Å². The standard InChI is InChI=1S/C9H12N6O/c1-2-5-3-8(15-12-5)11-9(16)6-4-7(10)14-13-6/h3-4H,2H2,1H3,(H3,10,13,14)(H2,11,12,15,16). The Morgan fingerprint density at radius 2 is 2.25 bits per heavy atom. The topological polar surface area (TPSA) is 112 Å². The van der Waals surface area contributed by atoms with Crippen molar-refractivity contribution in [2.24, 2.45) is 0 Å². The molecule has 0 spiro atoms. The van der Waals surface area contributed by atoms with E-state index >= 15 is 0 Å². The number of nitrogens with one attached hydrogen (secondary N) is 3. The summed E-state index contributed by atoms with van der Waals surface area (Å²) in [7, 11) is 0. The number of carbonyl (C=O) groups excluding carboxylic acids is 1. The highest BCUT2D eigenvalue weighted by Gasteiger charge is 2.10. The van der Waals surface area contributed by atoms with E-state index in [4.69, 9.17) is 5.73 Å². The second kappa shape index (κ2) is 4.05. The molecular formula is C9H12N6O. The van der Waals surface area contributed by atoms with Gasteiger partial charge in [-0.05, 0) is 6.42 Å². The van der Waals surface area contributed by atoms with Crippen molar-refractivity contribution in [1.29, 1.82) is 0 Å². The van der Waals surface area contributed by atoms with Crippen molar-refractivity contribution in [2.45, 2.75) is 13.3 Å². The Bertz CT molecular complexity index is 500. The zero-order valence-electron chi connectivity index (χ0n) is 8.74. The number of aryl methyl sites for hydroxylation is 1. The average Bonchev–Trinajstić information content (AvgIpc) is 2.87. The maximum atomic E-state index is 11.6. The van der Waals surface area contributed by atoms with Crippen LogP contribution < -0.4 is 11.1 Å². The van der Waals surface area contributed by atoms with E-state index < -0.39 is 0 Å². The molecule has 2 aromatic rings. The summed E-state index contributed by atoms with van der Waals surface area (Å²) in [6.45, 7) is 1.99. The van der Waals surface area contributed by atoms with Gasteiger partial charge in [0.1, 0.15) is 11.5 Å². The number of rotatable bonds is 3. The summed E-state index contributed by atoms with van der Waals surface area (Å²) in [5, 5.41) is 15.5. The molecule has 0 aliphatic heterocycles. The molecule has 0 aliphatic carbocycles. The molecule has 0 unspecified atom stereocenters. The molecule has 0 saturated carbocycles. The predicted octanol–water partition coefficient (Wildman–Crippen LogP) is 0.530. The van der Waals surface area contributed by atoms with E-state index in [0.717, 1.165) is 12.1 Å². The normalized spacial score (nSPS) is 10.3. The van der Waals surface area contributed by atoms with Crippen LogP contribution >= 0.6 is 0 Å². The van der Waals surface area contributed by atoms with Gasteiger partial charge in [0, 0.05) is 17.8 Å². The largest absolute Gasteiger partial charge is 0.382 e. The molecule has 7 heteroatoms. The van der Waals surface area contributed by atoms with Crippen molar-refractivity contribution < 1.29 is 4.79 Å². The summed E-state index contributed by atoms with van der Waals surface area (Å²) in [5.74, 6) is 0.440. The van der Waals surface area contributed by atoms with Gasteiger partial charge >= 0.3 is 0 Å². The molecule has 2 aromatic heterocycles. The number of carbonyl (C=O) groups is 1. The molecule has 0 atom stereocenters. The minimum absolute atomic E-state index is 0.279. The monoisotopic (exact) mass is 220 g/mol. The van der Waals surface area contributed by atoms with E-state index in [1.54, 1.807) is 6.07 Å². The number of hydrogen-bond donors (Lipinski definition) is 4. The lowest BCUT2D eigenvalue weighted by molar-refractivity contribution is 0.102. The van der Waals surface area contributed by atoms with Crippen molar-refractivity contribution in [1.82, 2.24) is 20.4 Å². The van der Waals surface area contributed by atoms with Crippen LogP contribution in [-0.4, -0.2) is 26.3 Å². The molecule has 0 saturated heterocycles. The van der Waals surface area contributed by atoms with E-state index in [1.807, 2.05) is 6.92 Å². The lowest BCUT2D eigenvalue weighted by Crippen LogP contribution is -2.12. The smallest absolute Gasteiger partial charge is 0.274 e. The van der Waals surface area contributed by atoms with Crippen molar-refractivity contribution >= 4 is 17.5 Å². The van der Waals surface area contributed by atoms with Crippen LogP contribution in [0, 0.1) is 0 Å². The minimum Gasteiger partial charge on any atom is -0.382 e. The fourth-order valence-electron chi connectivity index (χ4n) is 1.24. The minimum atomic E-state index is -0.321. The zero-order valence-corrected chi connectivity index (χ0v) is 8.74. The summed E-state index contributed by atoms with van der Waals surface area (Å²) in [4.78, 5) is 11.6.